The van der Waals surface area contributed by atoms with Gasteiger partial charge in [0.1, 0.15) is 5.82 Å². The summed E-state index contributed by atoms with van der Waals surface area (Å²) in [7, 11) is 3.81. The first-order chi connectivity index (χ1) is 12.0. The third kappa shape index (κ3) is 4.64. The van der Waals surface area contributed by atoms with E-state index in [9.17, 15) is 0 Å². The molecule has 7 heteroatoms. The van der Waals surface area contributed by atoms with Gasteiger partial charge in [-0.3, -0.25) is 9.80 Å². The first kappa shape index (κ1) is 17.6. The monoisotopic (exact) mass is 341 g/mol. The Labute approximate surface area is 149 Å². The molecular formula is C18H27N7. The fourth-order valence-corrected chi connectivity index (χ4v) is 3.03. The van der Waals surface area contributed by atoms with Gasteiger partial charge in [-0.25, -0.2) is 0 Å². The Kier molecular flexibility index (Phi) is 5.45. The van der Waals surface area contributed by atoms with Crippen LogP contribution in [0.4, 0.5) is 11.9 Å². The van der Waals surface area contributed by atoms with Gasteiger partial charge in [0, 0.05) is 46.8 Å². The van der Waals surface area contributed by atoms with Gasteiger partial charge in [-0.15, -0.1) is 0 Å². The summed E-state index contributed by atoms with van der Waals surface area (Å²) >= 11 is 0. The Morgan fingerprint density at radius 3 is 2.24 bits per heavy atom. The second-order valence-electron chi connectivity index (χ2n) is 6.78. The first-order valence-corrected chi connectivity index (χ1v) is 8.68. The lowest BCUT2D eigenvalue weighted by molar-refractivity contribution is 0.119. The number of nitrogens with zero attached hydrogens (tertiary/aromatic N) is 6. The van der Waals surface area contributed by atoms with Crippen LogP contribution in [0.3, 0.4) is 0 Å². The number of nitrogens with two attached hydrogens (primary N) is 1. The van der Waals surface area contributed by atoms with Crippen LogP contribution in [0.5, 0.6) is 0 Å². The van der Waals surface area contributed by atoms with Gasteiger partial charge in [-0.2, -0.15) is 15.0 Å². The summed E-state index contributed by atoms with van der Waals surface area (Å²) in [4.78, 5) is 19.7. The van der Waals surface area contributed by atoms with Crippen LogP contribution in [-0.4, -0.2) is 65.0 Å². The molecule has 0 saturated carbocycles. The van der Waals surface area contributed by atoms with Crippen LogP contribution < -0.4 is 10.6 Å². The molecule has 1 aliphatic heterocycles. The van der Waals surface area contributed by atoms with Crippen molar-refractivity contribution in [3.05, 3.63) is 41.2 Å². The summed E-state index contributed by atoms with van der Waals surface area (Å²) < 4.78 is 0. The fourth-order valence-electron chi connectivity index (χ4n) is 3.03. The number of nitrogen functional groups attached to an aromatic ring is 1. The summed E-state index contributed by atoms with van der Waals surface area (Å²) in [5.41, 5.74) is 8.59. The number of aryl methyl sites for hydroxylation is 1. The van der Waals surface area contributed by atoms with Crippen molar-refractivity contribution in [2.75, 3.05) is 50.9 Å². The van der Waals surface area contributed by atoms with Gasteiger partial charge >= 0.3 is 0 Å². The topological polar surface area (TPSA) is 74.4 Å². The van der Waals surface area contributed by atoms with E-state index in [2.05, 4.69) is 55.9 Å². The molecule has 1 fully saturated rings. The van der Waals surface area contributed by atoms with Crippen LogP contribution in [0.1, 0.15) is 17.0 Å². The van der Waals surface area contributed by atoms with Gasteiger partial charge in [-0.1, -0.05) is 24.3 Å². The summed E-state index contributed by atoms with van der Waals surface area (Å²) in [6.07, 6.45) is 0. The molecule has 0 spiro atoms. The van der Waals surface area contributed by atoms with Gasteiger partial charge in [0.2, 0.25) is 11.9 Å². The average molecular weight is 341 g/mol. The minimum Gasteiger partial charge on any atom is -0.368 e. The molecule has 0 atom stereocenters. The highest BCUT2D eigenvalue weighted by Gasteiger charge is 2.19. The highest BCUT2D eigenvalue weighted by Crippen LogP contribution is 2.14. The zero-order valence-corrected chi connectivity index (χ0v) is 15.3. The van der Waals surface area contributed by atoms with E-state index in [1.807, 2.05) is 19.0 Å². The summed E-state index contributed by atoms with van der Waals surface area (Å²) in [6.45, 7) is 8.03. The van der Waals surface area contributed by atoms with Crippen LogP contribution in [0.2, 0.25) is 0 Å². The van der Waals surface area contributed by atoms with Crippen molar-refractivity contribution in [3.63, 3.8) is 0 Å². The van der Waals surface area contributed by atoms with E-state index in [-0.39, 0.29) is 5.95 Å². The van der Waals surface area contributed by atoms with E-state index in [1.54, 1.807) is 0 Å². The quantitative estimate of drug-likeness (QED) is 0.874. The van der Waals surface area contributed by atoms with Crippen molar-refractivity contribution in [1.82, 2.24) is 24.8 Å². The lowest BCUT2D eigenvalue weighted by Gasteiger charge is -2.34. The first-order valence-electron chi connectivity index (χ1n) is 8.68. The minimum absolute atomic E-state index is 0.284. The molecule has 0 amide bonds. The van der Waals surface area contributed by atoms with Crippen molar-refractivity contribution in [2.45, 2.75) is 20.0 Å². The Balaban J connectivity index is 1.55. The molecule has 0 aliphatic carbocycles. The molecule has 2 heterocycles. The molecule has 3 rings (SSSR count). The Morgan fingerprint density at radius 1 is 0.960 bits per heavy atom. The van der Waals surface area contributed by atoms with Crippen molar-refractivity contribution >= 4 is 11.9 Å². The lowest BCUT2D eigenvalue weighted by atomic mass is 10.1. The highest BCUT2D eigenvalue weighted by molar-refractivity contribution is 5.32. The van der Waals surface area contributed by atoms with Gasteiger partial charge in [0.25, 0.3) is 0 Å². The number of piperazine rings is 1. The third-order valence-corrected chi connectivity index (χ3v) is 4.57. The van der Waals surface area contributed by atoms with E-state index in [0.717, 1.165) is 38.5 Å². The van der Waals surface area contributed by atoms with Crippen LogP contribution in [0.15, 0.2) is 24.3 Å². The molecule has 1 aromatic heterocycles. The zero-order valence-electron chi connectivity index (χ0n) is 15.3. The third-order valence-electron chi connectivity index (χ3n) is 4.57. The van der Waals surface area contributed by atoms with E-state index < -0.39 is 0 Å². The molecule has 134 valence electrons. The van der Waals surface area contributed by atoms with Gasteiger partial charge in [0.15, 0.2) is 0 Å². The van der Waals surface area contributed by atoms with Crippen LogP contribution in [0, 0.1) is 6.92 Å². The van der Waals surface area contributed by atoms with E-state index in [0.29, 0.717) is 12.5 Å². The number of benzene rings is 1. The van der Waals surface area contributed by atoms with E-state index in [4.69, 9.17) is 5.73 Å². The van der Waals surface area contributed by atoms with E-state index in [1.165, 1.54) is 11.1 Å². The lowest BCUT2D eigenvalue weighted by Crippen LogP contribution is -2.45. The molecule has 0 unspecified atom stereocenters. The molecule has 1 saturated heterocycles. The maximum Gasteiger partial charge on any atom is 0.229 e. The molecule has 1 aromatic carbocycles. The summed E-state index contributed by atoms with van der Waals surface area (Å²) in [5.74, 6) is 1.64. The van der Waals surface area contributed by atoms with Gasteiger partial charge in [0.05, 0.1) is 6.54 Å². The number of anilines is 2. The molecule has 0 radical (unpaired) electrons. The summed E-state index contributed by atoms with van der Waals surface area (Å²) in [6, 6.07) is 8.61. The van der Waals surface area contributed by atoms with Crippen LogP contribution >= 0.6 is 0 Å². The second kappa shape index (κ2) is 7.76. The Morgan fingerprint density at radius 2 is 1.60 bits per heavy atom. The van der Waals surface area contributed by atoms with Crippen molar-refractivity contribution in [2.24, 2.45) is 0 Å². The molecular weight excluding hydrogens is 314 g/mol. The van der Waals surface area contributed by atoms with E-state index >= 15 is 0 Å². The minimum atomic E-state index is 0.284. The molecule has 0 bridgehead atoms. The zero-order chi connectivity index (χ0) is 17.8. The molecule has 1 aliphatic rings. The number of rotatable bonds is 5. The number of hydrogen-bond donors (Lipinski definition) is 1. The average Bonchev–Trinajstić information content (AvgIpc) is 2.58. The van der Waals surface area contributed by atoms with Crippen molar-refractivity contribution in [1.29, 1.82) is 0 Å². The van der Waals surface area contributed by atoms with Crippen LogP contribution in [-0.2, 0) is 13.1 Å². The van der Waals surface area contributed by atoms with Crippen molar-refractivity contribution in [3.8, 4) is 0 Å². The predicted octanol–water partition coefficient (Wildman–Crippen LogP) is 1.15. The second-order valence-corrected chi connectivity index (χ2v) is 6.78. The maximum atomic E-state index is 5.81. The predicted molar refractivity (Wildman–Crippen MR) is 100 cm³/mol. The number of hydrogen-bond acceptors (Lipinski definition) is 7. The largest absolute Gasteiger partial charge is 0.368 e. The Bertz CT molecular complexity index is 708. The normalized spacial score (nSPS) is 16.1. The van der Waals surface area contributed by atoms with Gasteiger partial charge in [-0.05, 0) is 18.1 Å². The molecule has 2 aromatic rings. The van der Waals surface area contributed by atoms with Crippen molar-refractivity contribution < 1.29 is 0 Å². The molecule has 7 nitrogen and oxygen atoms in total. The maximum absolute atomic E-state index is 5.81. The summed E-state index contributed by atoms with van der Waals surface area (Å²) in [5, 5.41) is 0. The highest BCUT2D eigenvalue weighted by atomic mass is 15.3. The molecule has 25 heavy (non-hydrogen) atoms. The smallest absolute Gasteiger partial charge is 0.229 e. The van der Waals surface area contributed by atoms with Crippen LogP contribution in [0.25, 0.3) is 0 Å². The standard InChI is InChI=1S/C18H27N7/c1-14-6-4-5-7-15(14)12-24-8-10-25(11-9-24)13-16-20-17(19)22-18(21-16)23(2)3/h4-7H,8-13H2,1-3H3,(H2,19,20,21,22). The SMILES string of the molecule is Cc1ccccc1CN1CCN(Cc2nc(N)nc(N(C)C)n2)CC1. The Hall–Kier alpha value is -2.25. The fraction of sp³-hybridized carbons (Fsp3) is 0.500. The molecule has 2 N–H and O–H groups in total. The van der Waals surface area contributed by atoms with Gasteiger partial charge < -0.3 is 10.6 Å². The number of aromatic nitrogens is 3.